The molecule has 0 radical (unpaired) electrons. The number of hydrogen-bond acceptors (Lipinski definition) is 5. The molecule has 2 heterocycles. The van der Waals surface area contributed by atoms with E-state index in [1.165, 1.54) is 0 Å². The van der Waals surface area contributed by atoms with E-state index >= 15 is 0 Å². The van der Waals surface area contributed by atoms with E-state index in [-0.39, 0.29) is 5.91 Å². The maximum absolute atomic E-state index is 13.2. The lowest BCUT2D eigenvalue weighted by Gasteiger charge is -2.22. The van der Waals surface area contributed by atoms with Gasteiger partial charge in [0.15, 0.2) is 0 Å². The topological polar surface area (TPSA) is 83.0 Å². The Morgan fingerprint density at radius 1 is 1.35 bits per heavy atom. The van der Waals surface area contributed by atoms with Crippen LogP contribution in [0.2, 0.25) is 0 Å². The summed E-state index contributed by atoms with van der Waals surface area (Å²) in [6, 6.07) is 11.0. The van der Waals surface area contributed by atoms with E-state index in [2.05, 4.69) is 22.8 Å². The van der Waals surface area contributed by atoms with E-state index in [0.29, 0.717) is 46.7 Å². The summed E-state index contributed by atoms with van der Waals surface area (Å²) >= 11 is 0. The maximum atomic E-state index is 13.2. The van der Waals surface area contributed by atoms with Crippen molar-refractivity contribution in [2.45, 2.75) is 20.4 Å². The molecule has 0 saturated heterocycles. The van der Waals surface area contributed by atoms with Crippen molar-refractivity contribution >= 4 is 17.0 Å². The van der Waals surface area contributed by atoms with Crippen LogP contribution in [0.25, 0.3) is 11.1 Å². The Kier molecular flexibility index (Phi) is 4.81. The Hall–Kier alpha value is -3.46. The van der Waals surface area contributed by atoms with Crippen LogP contribution in [0.4, 0.5) is 0 Å². The Morgan fingerprint density at radius 3 is 2.73 bits per heavy atom. The second kappa shape index (κ2) is 7.19. The van der Waals surface area contributed by atoms with Crippen molar-refractivity contribution in [2.24, 2.45) is 0 Å². The molecule has 0 fully saturated rings. The summed E-state index contributed by atoms with van der Waals surface area (Å²) < 4.78 is 5.22. The van der Waals surface area contributed by atoms with Crippen LogP contribution in [-0.4, -0.2) is 27.5 Å². The molecule has 1 aromatic carbocycles. The van der Waals surface area contributed by atoms with E-state index in [0.717, 1.165) is 5.56 Å². The molecular formula is C20H18N4O2. The highest BCUT2D eigenvalue weighted by Gasteiger charge is 2.22. The molecule has 0 aliphatic carbocycles. The van der Waals surface area contributed by atoms with Gasteiger partial charge in [-0.15, -0.1) is 6.58 Å². The minimum atomic E-state index is -0.143. The Bertz CT molecular complexity index is 1010. The molecule has 0 unspecified atom stereocenters. The lowest BCUT2D eigenvalue weighted by molar-refractivity contribution is 0.0764. The summed E-state index contributed by atoms with van der Waals surface area (Å²) in [4.78, 5) is 19.2. The summed E-state index contributed by atoms with van der Waals surface area (Å²) in [5.74, 6) is -0.143. The van der Waals surface area contributed by atoms with Crippen LogP contribution in [-0.2, 0) is 6.54 Å². The van der Waals surface area contributed by atoms with Crippen LogP contribution in [0.1, 0.15) is 32.9 Å². The highest BCUT2D eigenvalue weighted by atomic mass is 16.5. The molecule has 0 saturated carbocycles. The van der Waals surface area contributed by atoms with Gasteiger partial charge in [0.1, 0.15) is 0 Å². The first-order valence-corrected chi connectivity index (χ1v) is 8.16. The standard InChI is InChI=1S/C20H18N4O2/c1-4-9-24(12-16-7-5-15(11-21)6-8-16)20(25)17-10-13(2)22-19-18(17)14(3)23-26-19/h4-8,10H,1,9,12H2,2-3H3. The average Bonchev–Trinajstić information content (AvgIpc) is 3.01. The van der Waals surface area contributed by atoms with E-state index in [4.69, 9.17) is 9.78 Å². The van der Waals surface area contributed by atoms with Crippen molar-refractivity contribution in [2.75, 3.05) is 6.54 Å². The third-order valence-electron chi connectivity index (χ3n) is 4.07. The SMILES string of the molecule is C=CCN(Cc1ccc(C#N)cc1)C(=O)c1cc(C)nc2onc(C)c12. The average molecular weight is 346 g/mol. The van der Waals surface area contributed by atoms with Gasteiger partial charge in [-0.1, -0.05) is 23.4 Å². The van der Waals surface area contributed by atoms with Crippen LogP contribution in [0.3, 0.4) is 0 Å². The molecule has 0 aliphatic heterocycles. The Balaban J connectivity index is 1.97. The zero-order valence-electron chi connectivity index (χ0n) is 14.7. The fourth-order valence-electron chi connectivity index (χ4n) is 2.84. The van der Waals surface area contributed by atoms with Gasteiger partial charge < -0.3 is 9.42 Å². The minimum absolute atomic E-state index is 0.143. The van der Waals surface area contributed by atoms with Crippen molar-refractivity contribution < 1.29 is 9.32 Å². The van der Waals surface area contributed by atoms with Gasteiger partial charge in [0.05, 0.1) is 28.3 Å². The van der Waals surface area contributed by atoms with Crippen molar-refractivity contribution in [3.05, 3.63) is 71.1 Å². The summed E-state index contributed by atoms with van der Waals surface area (Å²) in [5.41, 5.74) is 3.72. The third-order valence-corrected chi connectivity index (χ3v) is 4.07. The molecule has 26 heavy (non-hydrogen) atoms. The van der Waals surface area contributed by atoms with Crippen molar-refractivity contribution in [3.63, 3.8) is 0 Å². The van der Waals surface area contributed by atoms with Gasteiger partial charge in [-0.3, -0.25) is 4.79 Å². The number of nitriles is 1. The van der Waals surface area contributed by atoms with E-state index in [1.54, 1.807) is 36.1 Å². The summed E-state index contributed by atoms with van der Waals surface area (Å²) in [6.07, 6.45) is 1.69. The number of fused-ring (bicyclic) bond motifs is 1. The summed E-state index contributed by atoms with van der Waals surface area (Å²) in [6.45, 7) is 8.16. The molecule has 130 valence electrons. The highest BCUT2D eigenvalue weighted by Crippen LogP contribution is 2.24. The van der Waals surface area contributed by atoms with E-state index in [1.807, 2.05) is 19.1 Å². The van der Waals surface area contributed by atoms with Crippen LogP contribution in [0.5, 0.6) is 0 Å². The highest BCUT2D eigenvalue weighted by molar-refractivity contribution is 6.06. The van der Waals surface area contributed by atoms with E-state index in [9.17, 15) is 4.79 Å². The lowest BCUT2D eigenvalue weighted by atomic mass is 10.1. The Labute approximate surface area is 151 Å². The predicted octanol–water partition coefficient (Wildman–Crippen LogP) is 3.54. The fraction of sp³-hybridized carbons (Fsp3) is 0.200. The molecule has 3 aromatic rings. The normalized spacial score (nSPS) is 10.5. The molecule has 6 heteroatoms. The third kappa shape index (κ3) is 3.33. The number of rotatable bonds is 5. The van der Waals surface area contributed by atoms with Gasteiger partial charge in [-0.2, -0.15) is 5.26 Å². The summed E-state index contributed by atoms with van der Waals surface area (Å²) in [7, 11) is 0. The number of pyridine rings is 1. The molecule has 0 N–H and O–H groups in total. The smallest absolute Gasteiger partial charge is 0.258 e. The molecule has 1 amide bonds. The van der Waals surface area contributed by atoms with Crippen LogP contribution >= 0.6 is 0 Å². The van der Waals surface area contributed by atoms with Crippen molar-refractivity contribution in [3.8, 4) is 6.07 Å². The van der Waals surface area contributed by atoms with Gasteiger partial charge in [0.25, 0.3) is 11.6 Å². The quantitative estimate of drug-likeness (QED) is 0.660. The molecule has 2 aromatic heterocycles. The number of hydrogen-bond donors (Lipinski definition) is 0. The molecule has 6 nitrogen and oxygen atoms in total. The number of carbonyl (C=O) groups is 1. The Morgan fingerprint density at radius 2 is 2.08 bits per heavy atom. The lowest BCUT2D eigenvalue weighted by Crippen LogP contribution is -2.31. The predicted molar refractivity (Wildman–Crippen MR) is 97.4 cm³/mol. The van der Waals surface area contributed by atoms with Crippen LogP contribution in [0.15, 0.2) is 47.5 Å². The number of carbonyl (C=O) groups excluding carboxylic acids is 1. The van der Waals surface area contributed by atoms with Gasteiger partial charge in [-0.25, -0.2) is 4.98 Å². The van der Waals surface area contributed by atoms with Gasteiger partial charge in [0.2, 0.25) is 0 Å². The van der Waals surface area contributed by atoms with Crippen molar-refractivity contribution in [1.29, 1.82) is 5.26 Å². The second-order valence-corrected chi connectivity index (χ2v) is 6.04. The molecule has 0 aliphatic rings. The van der Waals surface area contributed by atoms with Gasteiger partial charge in [-0.05, 0) is 37.6 Å². The molecule has 3 rings (SSSR count). The van der Waals surface area contributed by atoms with Crippen LogP contribution in [0, 0.1) is 25.2 Å². The zero-order chi connectivity index (χ0) is 18.7. The maximum Gasteiger partial charge on any atom is 0.258 e. The first-order valence-electron chi connectivity index (χ1n) is 8.16. The van der Waals surface area contributed by atoms with Gasteiger partial charge in [0, 0.05) is 18.8 Å². The number of nitrogens with zero attached hydrogens (tertiary/aromatic N) is 4. The molecule has 0 atom stereocenters. The van der Waals surface area contributed by atoms with Crippen molar-refractivity contribution in [1.82, 2.24) is 15.0 Å². The second-order valence-electron chi connectivity index (χ2n) is 6.04. The van der Waals surface area contributed by atoms with Gasteiger partial charge >= 0.3 is 0 Å². The molecular weight excluding hydrogens is 328 g/mol. The molecule has 0 spiro atoms. The first-order chi connectivity index (χ1) is 12.5. The molecule has 0 bridgehead atoms. The summed E-state index contributed by atoms with van der Waals surface area (Å²) in [5, 5.41) is 13.5. The fourth-order valence-corrected chi connectivity index (χ4v) is 2.84. The largest absolute Gasteiger partial charge is 0.336 e. The number of benzene rings is 1. The zero-order valence-corrected chi connectivity index (χ0v) is 14.7. The van der Waals surface area contributed by atoms with Crippen LogP contribution < -0.4 is 0 Å². The number of aryl methyl sites for hydroxylation is 2. The van der Waals surface area contributed by atoms with E-state index < -0.39 is 0 Å². The monoisotopic (exact) mass is 346 g/mol. The number of aromatic nitrogens is 2. The minimum Gasteiger partial charge on any atom is -0.336 e. The first kappa shape index (κ1) is 17.4. The number of amides is 1.